The smallest absolute Gasteiger partial charge is 0.258 e. The summed E-state index contributed by atoms with van der Waals surface area (Å²) in [4.78, 5) is 20.4. The van der Waals surface area contributed by atoms with E-state index in [0.29, 0.717) is 23.7 Å². The van der Waals surface area contributed by atoms with Crippen molar-refractivity contribution in [3.8, 4) is 5.75 Å². The predicted molar refractivity (Wildman–Crippen MR) is 96.7 cm³/mol. The van der Waals surface area contributed by atoms with Gasteiger partial charge in [0, 0.05) is 24.6 Å². The second-order valence-electron chi connectivity index (χ2n) is 5.46. The van der Waals surface area contributed by atoms with Crippen LogP contribution in [0.2, 0.25) is 0 Å². The zero-order chi connectivity index (χ0) is 18.4. The molecule has 132 valence electrons. The molecule has 0 aliphatic rings. The number of ether oxygens (including phenoxy) is 1. The van der Waals surface area contributed by atoms with Crippen LogP contribution in [0.1, 0.15) is 15.9 Å². The largest absolute Gasteiger partial charge is 0.497 e. The summed E-state index contributed by atoms with van der Waals surface area (Å²) in [6.07, 6.45) is 2.87. The van der Waals surface area contributed by atoms with Gasteiger partial charge in [0.15, 0.2) is 0 Å². The van der Waals surface area contributed by atoms with E-state index < -0.39 is 0 Å². The molecule has 3 rings (SSSR count). The van der Waals surface area contributed by atoms with Crippen molar-refractivity contribution < 1.29 is 13.9 Å². The first-order valence-electron chi connectivity index (χ1n) is 7.90. The highest BCUT2D eigenvalue weighted by Crippen LogP contribution is 2.13. The lowest BCUT2D eigenvalue weighted by Crippen LogP contribution is -2.13. The first kappa shape index (κ1) is 17.3. The van der Waals surface area contributed by atoms with Crippen molar-refractivity contribution in [3.05, 3.63) is 77.9 Å². The quantitative estimate of drug-likeness (QED) is 0.710. The van der Waals surface area contributed by atoms with Gasteiger partial charge >= 0.3 is 0 Å². The van der Waals surface area contributed by atoms with Gasteiger partial charge in [-0.05, 0) is 42.0 Å². The topological polar surface area (TPSA) is 76.1 Å². The Hall–Kier alpha value is -3.48. The Bertz CT molecular complexity index is 866. The number of hydrogen-bond acceptors (Lipinski definition) is 5. The second-order valence-corrected chi connectivity index (χ2v) is 5.46. The van der Waals surface area contributed by atoms with Gasteiger partial charge in [-0.15, -0.1) is 0 Å². The standard InChI is InChI=1S/C19H17FN4O2/c1-26-17-8-2-13(3-9-17)10-21-19-22-11-14(12-23-19)18(25)24-16-6-4-15(20)5-7-16/h2-9,11-12H,10H2,1H3,(H,24,25)(H,21,22,23). The maximum Gasteiger partial charge on any atom is 0.258 e. The summed E-state index contributed by atoms with van der Waals surface area (Å²) in [6.45, 7) is 0.547. The number of amides is 1. The number of rotatable bonds is 6. The van der Waals surface area contributed by atoms with E-state index in [1.165, 1.54) is 36.7 Å². The van der Waals surface area contributed by atoms with Gasteiger partial charge in [-0.25, -0.2) is 14.4 Å². The summed E-state index contributed by atoms with van der Waals surface area (Å²) in [7, 11) is 1.62. The van der Waals surface area contributed by atoms with Crippen LogP contribution in [0.25, 0.3) is 0 Å². The van der Waals surface area contributed by atoms with E-state index in [-0.39, 0.29) is 11.7 Å². The molecule has 0 radical (unpaired) electrons. The van der Waals surface area contributed by atoms with Gasteiger partial charge in [-0.3, -0.25) is 4.79 Å². The van der Waals surface area contributed by atoms with E-state index in [0.717, 1.165) is 11.3 Å². The molecule has 0 bridgehead atoms. The van der Waals surface area contributed by atoms with Crippen LogP contribution in [0.4, 0.5) is 16.0 Å². The summed E-state index contributed by atoms with van der Waals surface area (Å²) in [5.74, 6) is 0.484. The van der Waals surface area contributed by atoms with E-state index >= 15 is 0 Å². The minimum absolute atomic E-state index is 0.310. The van der Waals surface area contributed by atoms with Crippen molar-refractivity contribution in [1.29, 1.82) is 0 Å². The molecular formula is C19H17FN4O2. The van der Waals surface area contributed by atoms with Gasteiger partial charge < -0.3 is 15.4 Å². The summed E-state index contributed by atoms with van der Waals surface area (Å²) in [5, 5.41) is 5.74. The molecule has 7 heteroatoms. The Labute approximate surface area is 150 Å². The van der Waals surface area contributed by atoms with Crippen LogP contribution >= 0.6 is 0 Å². The van der Waals surface area contributed by atoms with Crippen LogP contribution in [0, 0.1) is 5.82 Å². The van der Waals surface area contributed by atoms with Gasteiger partial charge in [-0.2, -0.15) is 0 Å². The third-order valence-corrected chi connectivity index (χ3v) is 3.63. The molecule has 0 aliphatic heterocycles. The van der Waals surface area contributed by atoms with Crippen LogP contribution in [0.5, 0.6) is 5.75 Å². The Balaban J connectivity index is 1.56. The highest BCUT2D eigenvalue weighted by atomic mass is 19.1. The predicted octanol–water partition coefficient (Wildman–Crippen LogP) is 3.49. The fourth-order valence-electron chi connectivity index (χ4n) is 2.20. The van der Waals surface area contributed by atoms with Crippen LogP contribution in [0.15, 0.2) is 60.9 Å². The van der Waals surface area contributed by atoms with Gasteiger partial charge in [0.05, 0.1) is 12.7 Å². The van der Waals surface area contributed by atoms with Gasteiger partial charge in [-0.1, -0.05) is 12.1 Å². The number of halogens is 1. The van der Waals surface area contributed by atoms with Crippen molar-refractivity contribution in [3.63, 3.8) is 0 Å². The van der Waals surface area contributed by atoms with Crippen LogP contribution in [-0.4, -0.2) is 23.0 Å². The van der Waals surface area contributed by atoms with E-state index in [1.54, 1.807) is 7.11 Å². The number of carbonyl (C=O) groups is 1. The van der Waals surface area contributed by atoms with E-state index in [9.17, 15) is 9.18 Å². The first-order valence-corrected chi connectivity index (χ1v) is 7.90. The number of methoxy groups -OCH3 is 1. The van der Waals surface area contributed by atoms with Crippen LogP contribution in [0.3, 0.4) is 0 Å². The highest BCUT2D eigenvalue weighted by molar-refractivity contribution is 6.03. The zero-order valence-corrected chi connectivity index (χ0v) is 14.1. The molecule has 3 aromatic rings. The summed E-state index contributed by atoms with van der Waals surface area (Å²) in [5.41, 5.74) is 1.86. The Morgan fingerprint density at radius 3 is 2.31 bits per heavy atom. The number of anilines is 2. The van der Waals surface area contributed by atoms with E-state index in [2.05, 4.69) is 20.6 Å². The monoisotopic (exact) mass is 352 g/mol. The highest BCUT2D eigenvalue weighted by Gasteiger charge is 2.08. The maximum absolute atomic E-state index is 12.9. The number of hydrogen-bond donors (Lipinski definition) is 2. The molecule has 6 nitrogen and oxygen atoms in total. The van der Waals surface area contributed by atoms with E-state index in [4.69, 9.17) is 4.74 Å². The Morgan fingerprint density at radius 1 is 1.04 bits per heavy atom. The van der Waals surface area contributed by atoms with Crippen molar-refractivity contribution >= 4 is 17.5 Å². The van der Waals surface area contributed by atoms with Crippen molar-refractivity contribution in [1.82, 2.24) is 9.97 Å². The number of nitrogens with zero attached hydrogens (tertiary/aromatic N) is 2. The lowest BCUT2D eigenvalue weighted by Gasteiger charge is -2.07. The number of aromatic nitrogens is 2. The van der Waals surface area contributed by atoms with Gasteiger partial charge in [0.2, 0.25) is 5.95 Å². The normalized spacial score (nSPS) is 10.2. The Morgan fingerprint density at radius 2 is 1.69 bits per heavy atom. The lowest BCUT2D eigenvalue weighted by atomic mass is 10.2. The molecule has 0 saturated heterocycles. The molecule has 0 fully saturated rings. The van der Waals surface area contributed by atoms with Crippen LogP contribution in [-0.2, 0) is 6.54 Å². The third kappa shape index (κ3) is 4.54. The van der Waals surface area contributed by atoms with E-state index in [1.807, 2.05) is 24.3 Å². The molecule has 0 saturated carbocycles. The fourth-order valence-corrected chi connectivity index (χ4v) is 2.20. The molecule has 0 spiro atoms. The number of nitrogens with one attached hydrogen (secondary N) is 2. The van der Waals surface area contributed by atoms with Gasteiger partial charge in [0.1, 0.15) is 11.6 Å². The average Bonchev–Trinajstić information content (AvgIpc) is 2.69. The lowest BCUT2D eigenvalue weighted by molar-refractivity contribution is 0.102. The molecule has 2 aromatic carbocycles. The summed E-state index contributed by atoms with van der Waals surface area (Å²) >= 11 is 0. The molecule has 1 amide bonds. The molecular weight excluding hydrogens is 335 g/mol. The first-order chi connectivity index (χ1) is 12.6. The minimum atomic E-state index is -0.363. The fraction of sp³-hybridized carbons (Fsp3) is 0.105. The second kappa shape index (κ2) is 8.06. The van der Waals surface area contributed by atoms with Crippen molar-refractivity contribution in [2.24, 2.45) is 0 Å². The molecule has 2 N–H and O–H groups in total. The summed E-state index contributed by atoms with van der Waals surface area (Å²) in [6, 6.07) is 13.2. The van der Waals surface area contributed by atoms with Crippen LogP contribution < -0.4 is 15.4 Å². The third-order valence-electron chi connectivity index (χ3n) is 3.63. The SMILES string of the molecule is COc1ccc(CNc2ncc(C(=O)Nc3ccc(F)cc3)cn2)cc1. The summed E-state index contributed by atoms with van der Waals surface area (Å²) < 4.78 is 18.0. The zero-order valence-electron chi connectivity index (χ0n) is 14.1. The van der Waals surface area contributed by atoms with Crippen molar-refractivity contribution in [2.45, 2.75) is 6.54 Å². The van der Waals surface area contributed by atoms with Gasteiger partial charge in [0.25, 0.3) is 5.91 Å². The molecule has 0 atom stereocenters. The number of benzene rings is 2. The van der Waals surface area contributed by atoms with Crippen molar-refractivity contribution in [2.75, 3.05) is 17.7 Å². The molecule has 0 aliphatic carbocycles. The maximum atomic E-state index is 12.9. The average molecular weight is 352 g/mol. The molecule has 1 aromatic heterocycles. The molecule has 26 heavy (non-hydrogen) atoms. The molecule has 0 unspecified atom stereocenters. The molecule has 1 heterocycles. The Kier molecular flexibility index (Phi) is 5.38. The number of carbonyl (C=O) groups excluding carboxylic acids is 1. The minimum Gasteiger partial charge on any atom is -0.497 e.